The third-order valence-electron chi connectivity index (χ3n) is 10.9. The molecule has 0 radical (unpaired) electrons. The van der Waals surface area contributed by atoms with Crippen LogP contribution < -0.4 is 0 Å². The van der Waals surface area contributed by atoms with Gasteiger partial charge in [0.05, 0.1) is 0 Å². The summed E-state index contributed by atoms with van der Waals surface area (Å²) in [6.45, 7) is 6.23. The molecule has 0 spiro atoms. The van der Waals surface area contributed by atoms with Gasteiger partial charge in [-0.05, 0) is 135 Å². The van der Waals surface area contributed by atoms with Crippen LogP contribution in [0.1, 0.15) is 207 Å². The molecule has 0 aliphatic carbocycles. The Morgan fingerprint density at radius 2 is 0.556 bits per heavy atom. The van der Waals surface area contributed by atoms with Crippen LogP contribution in [0.15, 0.2) is 170 Å². The van der Waals surface area contributed by atoms with Gasteiger partial charge in [0.2, 0.25) is 0 Å². The van der Waals surface area contributed by atoms with Gasteiger partial charge in [0, 0.05) is 19.3 Å². The Balaban J connectivity index is 4.61. The fraction of sp³-hybridized carbons (Fsp3) is 0.530. The predicted octanol–water partition coefficient (Wildman–Crippen LogP) is 19.1. The molecule has 0 rings (SSSR count). The van der Waals surface area contributed by atoms with Crippen LogP contribution in [0, 0.1) is 0 Å². The SMILES string of the molecule is CC/C=C\C/C=C\C/C=C\C/C=C\C/C=C\C/C=C\C/C=C\CCCC(=O)OCC(COC(=O)CCCCCCC/C=C\C/C=C\CCCC)OC(=O)CCC/C=C\C/C=C\C/C=C\C/C=C\C/C=C\CC. The Kier molecular flexibility index (Phi) is 54.1. The molecule has 6 nitrogen and oxygen atoms in total. The molecule has 0 bridgehead atoms. The van der Waals surface area contributed by atoms with Crippen LogP contribution in [0.25, 0.3) is 0 Å². The Hall–Kier alpha value is -5.23. The lowest BCUT2D eigenvalue weighted by atomic mass is 10.1. The second-order valence-electron chi connectivity index (χ2n) is 17.7. The third-order valence-corrected chi connectivity index (χ3v) is 10.9. The van der Waals surface area contributed by atoms with Crippen LogP contribution in [-0.4, -0.2) is 37.2 Å². The topological polar surface area (TPSA) is 78.9 Å². The van der Waals surface area contributed by atoms with Gasteiger partial charge in [0.25, 0.3) is 0 Å². The highest BCUT2D eigenvalue weighted by Crippen LogP contribution is 2.11. The second kappa shape index (κ2) is 58.3. The fourth-order valence-corrected chi connectivity index (χ4v) is 6.78. The van der Waals surface area contributed by atoms with E-state index in [0.29, 0.717) is 19.3 Å². The largest absolute Gasteiger partial charge is 0.462 e. The monoisotopic (exact) mass is 989 g/mol. The van der Waals surface area contributed by atoms with Crippen molar-refractivity contribution in [1.82, 2.24) is 0 Å². The molecule has 72 heavy (non-hydrogen) atoms. The molecule has 0 saturated heterocycles. The Morgan fingerprint density at radius 1 is 0.292 bits per heavy atom. The molecule has 1 unspecified atom stereocenters. The highest BCUT2D eigenvalue weighted by Gasteiger charge is 2.19. The standard InChI is InChI=1S/C66H100O6/c1-4-7-10-13-16-19-22-25-28-30-31-32-33-34-35-37-38-41-44-47-50-53-56-59-65(68)71-62-63(61-70-64(67)58-55-52-49-46-43-40-27-24-21-18-15-12-9-6-3)72-66(69)60-57-54-51-48-45-42-39-36-29-26-23-20-17-14-11-8-5-2/h7-8,10-11,15-20,24-29,31-32,34-35,38-39,41-42,47-48,50-51,63H,4-6,9,12-14,21-23,30,33,36-37,40,43-46,49,52-62H2,1-3H3/b10-7-,11-8-,18-15-,19-16-,20-17-,27-24-,28-25-,29-26-,32-31-,35-34-,41-38-,42-39-,50-47-,51-48-. The number of carbonyl (C=O) groups is 3. The first-order valence-electron chi connectivity index (χ1n) is 28.1. The van der Waals surface area contributed by atoms with E-state index in [9.17, 15) is 14.4 Å². The van der Waals surface area contributed by atoms with Crippen LogP contribution in [0.4, 0.5) is 0 Å². The van der Waals surface area contributed by atoms with Crippen LogP contribution in [0.3, 0.4) is 0 Å². The zero-order valence-corrected chi connectivity index (χ0v) is 45.6. The van der Waals surface area contributed by atoms with E-state index >= 15 is 0 Å². The number of hydrogen-bond donors (Lipinski definition) is 0. The first-order chi connectivity index (χ1) is 35.5. The smallest absolute Gasteiger partial charge is 0.306 e. The summed E-state index contributed by atoms with van der Waals surface area (Å²) in [6, 6.07) is 0. The molecule has 0 aromatic rings. The molecule has 0 amide bonds. The number of esters is 3. The maximum atomic E-state index is 12.8. The van der Waals surface area contributed by atoms with Gasteiger partial charge in [-0.1, -0.05) is 223 Å². The molecule has 0 saturated carbocycles. The number of carbonyl (C=O) groups excluding carboxylic acids is 3. The Labute approximate surface area is 441 Å². The summed E-state index contributed by atoms with van der Waals surface area (Å²) in [5.74, 6) is -1.08. The molecule has 0 heterocycles. The lowest BCUT2D eigenvalue weighted by Gasteiger charge is -2.18. The average molecular weight is 990 g/mol. The minimum absolute atomic E-state index is 0.135. The molecule has 0 aliphatic rings. The van der Waals surface area contributed by atoms with Crippen molar-refractivity contribution < 1.29 is 28.6 Å². The maximum Gasteiger partial charge on any atom is 0.306 e. The lowest BCUT2D eigenvalue weighted by molar-refractivity contribution is -0.167. The summed E-state index contributed by atoms with van der Waals surface area (Å²) < 4.78 is 16.7. The number of ether oxygens (including phenoxy) is 3. The van der Waals surface area contributed by atoms with Crippen molar-refractivity contribution in [2.45, 2.75) is 213 Å². The van der Waals surface area contributed by atoms with Crippen molar-refractivity contribution in [2.24, 2.45) is 0 Å². The van der Waals surface area contributed by atoms with E-state index < -0.39 is 12.1 Å². The third kappa shape index (κ3) is 55.7. The first kappa shape index (κ1) is 66.8. The summed E-state index contributed by atoms with van der Waals surface area (Å²) >= 11 is 0. The first-order valence-corrected chi connectivity index (χ1v) is 28.1. The molecular formula is C66H100O6. The van der Waals surface area contributed by atoms with Crippen LogP contribution >= 0.6 is 0 Å². The van der Waals surface area contributed by atoms with Gasteiger partial charge in [-0.3, -0.25) is 14.4 Å². The number of hydrogen-bond acceptors (Lipinski definition) is 6. The zero-order chi connectivity index (χ0) is 52.2. The number of rotatable bonds is 48. The molecule has 0 fully saturated rings. The van der Waals surface area contributed by atoms with E-state index in [2.05, 4.69) is 191 Å². The van der Waals surface area contributed by atoms with Gasteiger partial charge in [0.1, 0.15) is 13.2 Å². The van der Waals surface area contributed by atoms with Crippen molar-refractivity contribution in [3.63, 3.8) is 0 Å². The molecule has 0 N–H and O–H groups in total. The van der Waals surface area contributed by atoms with Crippen molar-refractivity contribution in [3.05, 3.63) is 170 Å². The Morgan fingerprint density at radius 3 is 0.903 bits per heavy atom. The molecule has 0 aromatic heterocycles. The number of allylic oxidation sites excluding steroid dienone is 28. The Bertz CT molecular complexity index is 1700. The van der Waals surface area contributed by atoms with E-state index in [1.54, 1.807) is 0 Å². The van der Waals surface area contributed by atoms with E-state index in [1.165, 1.54) is 19.3 Å². The summed E-state index contributed by atoms with van der Waals surface area (Å²) in [7, 11) is 0. The van der Waals surface area contributed by atoms with Gasteiger partial charge >= 0.3 is 17.9 Å². The van der Waals surface area contributed by atoms with Gasteiger partial charge in [-0.15, -0.1) is 0 Å². The minimum atomic E-state index is -0.847. The van der Waals surface area contributed by atoms with Crippen molar-refractivity contribution in [2.75, 3.05) is 13.2 Å². The summed E-state index contributed by atoms with van der Waals surface area (Å²) in [5, 5.41) is 0. The van der Waals surface area contributed by atoms with Gasteiger partial charge in [-0.2, -0.15) is 0 Å². The quantitative estimate of drug-likeness (QED) is 0.0262. The zero-order valence-electron chi connectivity index (χ0n) is 45.6. The van der Waals surface area contributed by atoms with E-state index in [-0.39, 0.29) is 38.0 Å². The van der Waals surface area contributed by atoms with Crippen LogP contribution in [0.5, 0.6) is 0 Å². The van der Waals surface area contributed by atoms with Gasteiger partial charge in [-0.25, -0.2) is 0 Å². The normalized spacial score (nSPS) is 13.4. The summed E-state index contributed by atoms with van der Waals surface area (Å²) in [5.41, 5.74) is 0. The van der Waals surface area contributed by atoms with Gasteiger partial charge in [0.15, 0.2) is 6.10 Å². The van der Waals surface area contributed by atoms with Crippen LogP contribution in [-0.2, 0) is 28.6 Å². The summed E-state index contributed by atoms with van der Waals surface area (Å²) in [4.78, 5) is 38.1. The molecule has 6 heteroatoms. The van der Waals surface area contributed by atoms with Gasteiger partial charge < -0.3 is 14.2 Å². The maximum absolute atomic E-state index is 12.8. The molecule has 0 aromatic carbocycles. The van der Waals surface area contributed by atoms with Crippen molar-refractivity contribution >= 4 is 17.9 Å². The van der Waals surface area contributed by atoms with Crippen molar-refractivity contribution in [3.8, 4) is 0 Å². The highest BCUT2D eigenvalue weighted by molar-refractivity contribution is 5.71. The fourth-order valence-electron chi connectivity index (χ4n) is 6.78. The van der Waals surface area contributed by atoms with E-state index in [1.807, 2.05) is 0 Å². The minimum Gasteiger partial charge on any atom is -0.462 e. The second-order valence-corrected chi connectivity index (χ2v) is 17.7. The lowest BCUT2D eigenvalue weighted by Crippen LogP contribution is -2.30. The van der Waals surface area contributed by atoms with E-state index in [0.717, 1.165) is 135 Å². The molecule has 400 valence electrons. The number of unbranched alkanes of at least 4 members (excludes halogenated alkanes) is 9. The molecular weight excluding hydrogens is 889 g/mol. The van der Waals surface area contributed by atoms with Crippen LogP contribution in [0.2, 0.25) is 0 Å². The molecule has 1 atom stereocenters. The molecule has 0 aliphatic heterocycles. The van der Waals surface area contributed by atoms with E-state index in [4.69, 9.17) is 14.2 Å². The predicted molar refractivity (Wildman–Crippen MR) is 311 cm³/mol. The highest BCUT2D eigenvalue weighted by atomic mass is 16.6. The van der Waals surface area contributed by atoms with Crippen molar-refractivity contribution in [1.29, 1.82) is 0 Å². The average Bonchev–Trinajstić information content (AvgIpc) is 3.38. The summed E-state index contributed by atoms with van der Waals surface area (Å²) in [6.07, 6.45) is 86.4.